The summed E-state index contributed by atoms with van der Waals surface area (Å²) in [5.74, 6) is -0.377. The largest absolute Gasteiger partial charge is 0.372 e. The van der Waals surface area contributed by atoms with Crippen LogP contribution >= 0.6 is 0 Å². The highest BCUT2D eigenvalue weighted by atomic mass is 16.1. The minimum Gasteiger partial charge on any atom is -0.372 e. The third-order valence-corrected chi connectivity index (χ3v) is 5.67. The highest BCUT2D eigenvalue weighted by molar-refractivity contribution is 5.95. The van der Waals surface area contributed by atoms with Crippen LogP contribution in [0.25, 0.3) is 11.3 Å². The number of hydrogen-bond donors (Lipinski definition) is 1. The second-order valence-electron chi connectivity index (χ2n) is 7.50. The number of aryl methyl sites for hydroxylation is 2. The molecule has 0 aliphatic carbocycles. The van der Waals surface area contributed by atoms with Crippen molar-refractivity contribution < 1.29 is 4.79 Å². The maximum Gasteiger partial charge on any atom is 0.250 e. The highest BCUT2D eigenvalue weighted by Crippen LogP contribution is 2.28. The Morgan fingerprint density at radius 3 is 2.14 bits per heavy atom. The van der Waals surface area contributed by atoms with Crippen molar-refractivity contribution in [2.45, 2.75) is 40.7 Å². The summed E-state index contributed by atoms with van der Waals surface area (Å²) in [4.78, 5) is 14.3. The smallest absolute Gasteiger partial charge is 0.250 e. The number of carbonyl (C=O) groups is 1. The van der Waals surface area contributed by atoms with Crippen LogP contribution in [0.15, 0.2) is 54.6 Å². The van der Waals surface area contributed by atoms with Gasteiger partial charge in [0.25, 0.3) is 5.91 Å². The van der Waals surface area contributed by atoms with Crippen molar-refractivity contribution in [3.63, 3.8) is 0 Å². The first-order valence-corrected chi connectivity index (χ1v) is 10.4. The molecule has 0 spiro atoms. The fourth-order valence-corrected chi connectivity index (χ4v) is 3.85. The molecule has 1 aromatic heterocycles. The van der Waals surface area contributed by atoms with E-state index < -0.39 is 0 Å². The van der Waals surface area contributed by atoms with Gasteiger partial charge in [-0.05, 0) is 63.4 Å². The van der Waals surface area contributed by atoms with Gasteiger partial charge in [0.05, 0.1) is 5.56 Å². The molecule has 0 fully saturated rings. The van der Waals surface area contributed by atoms with Gasteiger partial charge in [0.15, 0.2) is 0 Å². The van der Waals surface area contributed by atoms with Crippen LogP contribution in [0, 0.1) is 13.8 Å². The number of amides is 1. The summed E-state index contributed by atoms with van der Waals surface area (Å²) in [5.41, 5.74) is 13.0. The number of anilines is 1. The lowest BCUT2D eigenvalue weighted by atomic mass is 10.1. The van der Waals surface area contributed by atoms with E-state index in [1.165, 1.54) is 16.8 Å². The van der Waals surface area contributed by atoms with Gasteiger partial charge in [-0.25, -0.2) is 0 Å². The molecule has 0 atom stereocenters. The lowest BCUT2D eigenvalue weighted by Gasteiger charge is -2.21. The summed E-state index contributed by atoms with van der Waals surface area (Å²) in [6.07, 6.45) is 0.901. The summed E-state index contributed by atoms with van der Waals surface area (Å²) in [6, 6.07) is 19.1. The fraction of sp³-hybridized carbons (Fsp3) is 0.320. The van der Waals surface area contributed by atoms with E-state index >= 15 is 0 Å². The molecule has 0 aliphatic rings. The van der Waals surface area contributed by atoms with Gasteiger partial charge in [0.2, 0.25) is 0 Å². The van der Waals surface area contributed by atoms with Gasteiger partial charge in [0, 0.05) is 36.7 Å². The molecule has 0 saturated carbocycles. The lowest BCUT2D eigenvalue weighted by Crippen LogP contribution is -2.21. The van der Waals surface area contributed by atoms with Crippen LogP contribution in [0.5, 0.6) is 0 Å². The Labute approximate surface area is 174 Å². The van der Waals surface area contributed by atoms with E-state index in [2.05, 4.69) is 78.8 Å². The van der Waals surface area contributed by atoms with Crippen molar-refractivity contribution in [1.29, 1.82) is 0 Å². The third kappa shape index (κ3) is 4.53. The Morgan fingerprint density at radius 1 is 0.966 bits per heavy atom. The van der Waals surface area contributed by atoms with Crippen molar-refractivity contribution in [1.82, 2.24) is 4.57 Å². The van der Waals surface area contributed by atoms with Crippen molar-refractivity contribution in [2.75, 3.05) is 18.0 Å². The molecule has 3 aromatic rings. The fourth-order valence-electron chi connectivity index (χ4n) is 3.85. The van der Waals surface area contributed by atoms with E-state index in [9.17, 15) is 4.79 Å². The second kappa shape index (κ2) is 8.99. The summed E-state index contributed by atoms with van der Waals surface area (Å²) >= 11 is 0. The van der Waals surface area contributed by atoms with Crippen LogP contribution in [0.3, 0.4) is 0 Å². The predicted octanol–water partition coefficient (Wildman–Crippen LogP) is 4.96. The number of benzene rings is 2. The van der Waals surface area contributed by atoms with Gasteiger partial charge in [-0.3, -0.25) is 4.79 Å². The van der Waals surface area contributed by atoms with Crippen LogP contribution < -0.4 is 10.6 Å². The molecule has 2 N–H and O–H groups in total. The Balaban J connectivity index is 1.94. The normalized spacial score (nSPS) is 10.9. The Hall–Kier alpha value is -3.01. The van der Waals surface area contributed by atoms with E-state index in [1.807, 2.05) is 13.0 Å². The highest BCUT2D eigenvalue weighted by Gasteiger charge is 2.17. The molecule has 4 nitrogen and oxygen atoms in total. The molecule has 29 heavy (non-hydrogen) atoms. The average molecular weight is 390 g/mol. The molecule has 0 unspecified atom stereocenters. The second-order valence-corrected chi connectivity index (χ2v) is 7.50. The third-order valence-electron chi connectivity index (χ3n) is 5.67. The molecule has 1 amide bonds. The Morgan fingerprint density at radius 2 is 1.59 bits per heavy atom. The van der Waals surface area contributed by atoms with E-state index in [0.29, 0.717) is 5.56 Å². The molecule has 152 valence electrons. The number of carbonyl (C=O) groups excluding carboxylic acids is 1. The zero-order chi connectivity index (χ0) is 21.0. The maximum atomic E-state index is 12.0. The van der Waals surface area contributed by atoms with Gasteiger partial charge in [0.1, 0.15) is 0 Å². The van der Waals surface area contributed by atoms with E-state index in [4.69, 9.17) is 5.73 Å². The van der Waals surface area contributed by atoms with Crippen LogP contribution in [-0.2, 0) is 13.0 Å². The number of primary amides is 1. The van der Waals surface area contributed by atoms with Crippen LogP contribution in [0.1, 0.15) is 41.0 Å². The first kappa shape index (κ1) is 20.7. The number of aromatic nitrogens is 1. The van der Waals surface area contributed by atoms with Gasteiger partial charge in [-0.1, -0.05) is 42.0 Å². The molecule has 1 heterocycles. The first-order valence-electron chi connectivity index (χ1n) is 10.4. The Kier molecular flexibility index (Phi) is 6.42. The molecule has 0 bridgehead atoms. The molecule has 0 saturated heterocycles. The minimum absolute atomic E-state index is 0.377. The number of hydrogen-bond acceptors (Lipinski definition) is 2. The zero-order valence-electron chi connectivity index (χ0n) is 17.9. The topological polar surface area (TPSA) is 51.3 Å². The summed E-state index contributed by atoms with van der Waals surface area (Å²) in [5, 5.41) is 0. The minimum atomic E-state index is -0.377. The standard InChI is InChI=1S/C25H31N3O/c1-5-27(6-2)22-13-11-21(12-14-22)24-17-23(25(26)29)19(4)28(24)16-15-20-9-7-18(3)8-10-20/h7-14,17H,5-6,15-16H2,1-4H3,(H2,26,29). The molecule has 0 radical (unpaired) electrons. The number of rotatable bonds is 8. The first-order chi connectivity index (χ1) is 13.9. The van der Waals surface area contributed by atoms with Crippen molar-refractivity contribution >= 4 is 11.6 Å². The van der Waals surface area contributed by atoms with Crippen molar-refractivity contribution in [2.24, 2.45) is 5.73 Å². The summed E-state index contributed by atoms with van der Waals surface area (Å²) in [6.45, 7) is 11.2. The quantitative estimate of drug-likeness (QED) is 0.592. The van der Waals surface area contributed by atoms with E-state index in [1.54, 1.807) is 0 Å². The van der Waals surface area contributed by atoms with Crippen molar-refractivity contribution in [3.05, 3.63) is 77.0 Å². The monoisotopic (exact) mass is 389 g/mol. The van der Waals surface area contributed by atoms with Gasteiger partial charge < -0.3 is 15.2 Å². The number of nitrogens with two attached hydrogens (primary N) is 1. The molecule has 2 aromatic carbocycles. The predicted molar refractivity (Wildman–Crippen MR) is 122 cm³/mol. The summed E-state index contributed by atoms with van der Waals surface area (Å²) in [7, 11) is 0. The van der Waals surface area contributed by atoms with Crippen LogP contribution in [0.4, 0.5) is 5.69 Å². The van der Waals surface area contributed by atoms with Crippen LogP contribution in [-0.4, -0.2) is 23.6 Å². The van der Waals surface area contributed by atoms with Gasteiger partial charge in [-0.15, -0.1) is 0 Å². The summed E-state index contributed by atoms with van der Waals surface area (Å²) < 4.78 is 2.21. The van der Waals surface area contributed by atoms with E-state index in [-0.39, 0.29) is 5.91 Å². The van der Waals surface area contributed by atoms with Gasteiger partial charge >= 0.3 is 0 Å². The van der Waals surface area contributed by atoms with Gasteiger partial charge in [-0.2, -0.15) is 0 Å². The van der Waals surface area contributed by atoms with Crippen LogP contribution in [0.2, 0.25) is 0 Å². The molecule has 4 heteroatoms. The van der Waals surface area contributed by atoms with Crippen molar-refractivity contribution in [3.8, 4) is 11.3 Å². The lowest BCUT2D eigenvalue weighted by molar-refractivity contribution is 0.0999. The Bertz CT molecular complexity index is 965. The molecule has 0 aliphatic heterocycles. The number of nitrogens with zero attached hydrogens (tertiary/aromatic N) is 2. The zero-order valence-corrected chi connectivity index (χ0v) is 17.9. The van der Waals surface area contributed by atoms with E-state index in [0.717, 1.165) is 43.0 Å². The SMILES string of the molecule is CCN(CC)c1ccc(-c2cc(C(N)=O)c(C)n2CCc2ccc(C)cc2)cc1. The maximum absolute atomic E-state index is 12.0. The molecular weight excluding hydrogens is 358 g/mol. The molecule has 3 rings (SSSR count). The average Bonchev–Trinajstić information content (AvgIpc) is 3.05. The molecular formula is C25H31N3O.